The summed E-state index contributed by atoms with van der Waals surface area (Å²) in [6, 6.07) is 9.77. The monoisotopic (exact) mass is 301 g/mol. The second kappa shape index (κ2) is 7.75. The maximum Gasteiger partial charge on any atom is 0.254 e. The summed E-state index contributed by atoms with van der Waals surface area (Å²) in [6.45, 7) is 4.08. The molecule has 1 atom stereocenters. The Bertz CT molecular complexity index is 608. The zero-order chi connectivity index (χ0) is 15.9. The van der Waals surface area contributed by atoms with Crippen LogP contribution in [0.4, 0.5) is 0 Å². The number of amides is 1. The van der Waals surface area contributed by atoms with Gasteiger partial charge in [0.1, 0.15) is 0 Å². The molecule has 1 amide bonds. The molecule has 2 N–H and O–H groups in total. The predicted octanol–water partition coefficient (Wildman–Crippen LogP) is 2.33. The Morgan fingerprint density at radius 3 is 2.64 bits per heavy atom. The van der Waals surface area contributed by atoms with E-state index in [1.165, 1.54) is 0 Å². The van der Waals surface area contributed by atoms with Gasteiger partial charge in [0.2, 0.25) is 0 Å². The van der Waals surface area contributed by atoms with Gasteiger partial charge in [-0.05, 0) is 31.4 Å². The molecular formula is C17H23N3O2. The van der Waals surface area contributed by atoms with Crippen LogP contribution in [0.15, 0.2) is 36.5 Å². The van der Waals surface area contributed by atoms with Crippen LogP contribution in [-0.4, -0.2) is 33.4 Å². The molecule has 118 valence electrons. The van der Waals surface area contributed by atoms with E-state index in [1.54, 1.807) is 6.20 Å². The van der Waals surface area contributed by atoms with E-state index in [1.807, 2.05) is 48.9 Å². The van der Waals surface area contributed by atoms with Crippen molar-refractivity contribution >= 4 is 5.91 Å². The lowest BCUT2D eigenvalue weighted by atomic mass is 10.1. The standard InChI is InChI=1S/C17H23N3O2/c1-3-13(10-11-21)19-17(22)15-12-18-20(16(15)4-2)14-8-6-5-7-9-14/h5-9,12-13,21H,3-4,10-11H2,1-2H3,(H,19,22). The summed E-state index contributed by atoms with van der Waals surface area (Å²) in [5, 5.41) is 16.4. The number of nitrogens with one attached hydrogen (secondary N) is 1. The minimum absolute atomic E-state index is 0.0118. The van der Waals surface area contributed by atoms with Gasteiger partial charge in [-0.15, -0.1) is 0 Å². The maximum absolute atomic E-state index is 12.5. The van der Waals surface area contributed by atoms with Gasteiger partial charge in [-0.1, -0.05) is 32.0 Å². The molecule has 2 rings (SSSR count). The Morgan fingerprint density at radius 2 is 2.05 bits per heavy atom. The van der Waals surface area contributed by atoms with E-state index in [4.69, 9.17) is 5.11 Å². The fourth-order valence-electron chi connectivity index (χ4n) is 2.49. The third kappa shape index (κ3) is 3.54. The number of aromatic nitrogens is 2. The van der Waals surface area contributed by atoms with Gasteiger partial charge in [-0.25, -0.2) is 4.68 Å². The molecule has 1 unspecified atom stereocenters. The second-order valence-corrected chi connectivity index (χ2v) is 5.20. The molecule has 0 aliphatic carbocycles. The van der Waals surface area contributed by atoms with E-state index in [2.05, 4.69) is 10.4 Å². The number of nitrogens with zero attached hydrogens (tertiary/aromatic N) is 2. The Morgan fingerprint density at radius 1 is 1.32 bits per heavy atom. The molecule has 5 nitrogen and oxygen atoms in total. The summed E-state index contributed by atoms with van der Waals surface area (Å²) in [5.74, 6) is -0.126. The van der Waals surface area contributed by atoms with Crippen LogP contribution in [0, 0.1) is 0 Å². The van der Waals surface area contributed by atoms with E-state index < -0.39 is 0 Å². The quantitative estimate of drug-likeness (QED) is 0.825. The highest BCUT2D eigenvalue weighted by molar-refractivity contribution is 5.95. The van der Waals surface area contributed by atoms with E-state index in [0.29, 0.717) is 18.4 Å². The highest BCUT2D eigenvalue weighted by Gasteiger charge is 2.19. The second-order valence-electron chi connectivity index (χ2n) is 5.20. The molecule has 1 aromatic carbocycles. The lowest BCUT2D eigenvalue weighted by Crippen LogP contribution is -2.35. The van der Waals surface area contributed by atoms with Crippen LogP contribution in [0.3, 0.4) is 0 Å². The number of rotatable bonds is 7. The Labute approximate surface area is 131 Å². The van der Waals surface area contributed by atoms with Gasteiger partial charge in [0.15, 0.2) is 0 Å². The number of hydrogen-bond acceptors (Lipinski definition) is 3. The van der Waals surface area contributed by atoms with Crippen molar-refractivity contribution in [1.82, 2.24) is 15.1 Å². The van der Waals surface area contributed by atoms with Gasteiger partial charge < -0.3 is 10.4 Å². The minimum atomic E-state index is -0.126. The van der Waals surface area contributed by atoms with Gasteiger partial charge in [0.05, 0.1) is 23.1 Å². The van der Waals surface area contributed by atoms with Crippen LogP contribution < -0.4 is 5.32 Å². The summed E-state index contributed by atoms with van der Waals surface area (Å²) in [6.07, 6.45) is 3.69. The van der Waals surface area contributed by atoms with Gasteiger partial charge in [-0.3, -0.25) is 4.79 Å². The van der Waals surface area contributed by atoms with Crippen molar-refractivity contribution in [3.8, 4) is 5.69 Å². The van der Waals surface area contributed by atoms with Gasteiger partial charge in [-0.2, -0.15) is 5.10 Å². The summed E-state index contributed by atoms with van der Waals surface area (Å²) >= 11 is 0. The molecule has 1 heterocycles. The number of aliphatic hydroxyl groups excluding tert-OH is 1. The van der Waals surface area contributed by atoms with Gasteiger partial charge in [0, 0.05) is 12.6 Å². The summed E-state index contributed by atoms with van der Waals surface area (Å²) in [5.41, 5.74) is 2.44. The van der Waals surface area contributed by atoms with Crippen molar-refractivity contribution in [2.45, 2.75) is 39.2 Å². The van der Waals surface area contributed by atoms with E-state index >= 15 is 0 Å². The maximum atomic E-state index is 12.5. The molecular weight excluding hydrogens is 278 g/mol. The topological polar surface area (TPSA) is 67.2 Å². The van der Waals surface area contributed by atoms with Crippen molar-refractivity contribution in [3.05, 3.63) is 47.8 Å². The molecule has 0 bridgehead atoms. The molecule has 5 heteroatoms. The first-order chi connectivity index (χ1) is 10.7. The fourth-order valence-corrected chi connectivity index (χ4v) is 2.49. The first-order valence-electron chi connectivity index (χ1n) is 7.75. The third-order valence-electron chi connectivity index (χ3n) is 3.75. The largest absolute Gasteiger partial charge is 0.396 e. The van der Waals surface area contributed by atoms with Gasteiger partial charge in [0.25, 0.3) is 5.91 Å². The van der Waals surface area contributed by atoms with Crippen molar-refractivity contribution in [2.24, 2.45) is 0 Å². The number of carbonyl (C=O) groups excluding carboxylic acids is 1. The SMILES string of the molecule is CCc1c(C(=O)NC(CC)CCO)cnn1-c1ccccc1. The number of aliphatic hydroxyl groups is 1. The number of carbonyl (C=O) groups is 1. The van der Waals surface area contributed by atoms with Crippen molar-refractivity contribution in [1.29, 1.82) is 0 Å². The number of para-hydroxylation sites is 1. The highest BCUT2D eigenvalue weighted by Crippen LogP contribution is 2.16. The van der Waals surface area contributed by atoms with Crippen LogP contribution >= 0.6 is 0 Å². The zero-order valence-corrected chi connectivity index (χ0v) is 13.1. The van der Waals surface area contributed by atoms with Crippen molar-refractivity contribution in [2.75, 3.05) is 6.61 Å². The van der Waals surface area contributed by atoms with Crippen molar-refractivity contribution < 1.29 is 9.90 Å². The van der Waals surface area contributed by atoms with E-state index in [-0.39, 0.29) is 18.6 Å². The molecule has 0 saturated carbocycles. The molecule has 0 spiro atoms. The van der Waals surface area contributed by atoms with Crippen LogP contribution in [0.1, 0.15) is 42.7 Å². The summed E-state index contributed by atoms with van der Waals surface area (Å²) in [7, 11) is 0. The molecule has 0 aliphatic heterocycles. The lowest BCUT2D eigenvalue weighted by Gasteiger charge is -2.16. The molecule has 0 saturated heterocycles. The lowest BCUT2D eigenvalue weighted by molar-refractivity contribution is 0.0928. The Hall–Kier alpha value is -2.14. The molecule has 22 heavy (non-hydrogen) atoms. The Kier molecular flexibility index (Phi) is 5.72. The van der Waals surface area contributed by atoms with Crippen LogP contribution in [0.2, 0.25) is 0 Å². The molecule has 0 radical (unpaired) electrons. The number of benzene rings is 1. The van der Waals surface area contributed by atoms with Crippen LogP contribution in [0.5, 0.6) is 0 Å². The Balaban J connectivity index is 2.25. The van der Waals surface area contributed by atoms with E-state index in [9.17, 15) is 4.79 Å². The molecule has 0 fully saturated rings. The zero-order valence-electron chi connectivity index (χ0n) is 13.1. The van der Waals surface area contributed by atoms with E-state index in [0.717, 1.165) is 17.8 Å². The average molecular weight is 301 g/mol. The fraction of sp³-hybridized carbons (Fsp3) is 0.412. The normalized spacial score (nSPS) is 12.1. The predicted molar refractivity (Wildman–Crippen MR) is 86.2 cm³/mol. The minimum Gasteiger partial charge on any atom is -0.396 e. The van der Waals surface area contributed by atoms with Crippen LogP contribution in [0.25, 0.3) is 5.69 Å². The van der Waals surface area contributed by atoms with Gasteiger partial charge >= 0.3 is 0 Å². The first kappa shape index (κ1) is 16.2. The molecule has 1 aromatic heterocycles. The summed E-state index contributed by atoms with van der Waals surface area (Å²) in [4.78, 5) is 12.5. The van der Waals surface area contributed by atoms with Crippen molar-refractivity contribution in [3.63, 3.8) is 0 Å². The highest BCUT2D eigenvalue weighted by atomic mass is 16.3. The molecule has 2 aromatic rings. The third-order valence-corrected chi connectivity index (χ3v) is 3.75. The number of hydrogen-bond donors (Lipinski definition) is 2. The average Bonchev–Trinajstić information content (AvgIpc) is 2.99. The molecule has 0 aliphatic rings. The van der Waals surface area contributed by atoms with Crippen LogP contribution in [-0.2, 0) is 6.42 Å². The summed E-state index contributed by atoms with van der Waals surface area (Å²) < 4.78 is 1.81. The smallest absolute Gasteiger partial charge is 0.254 e. The first-order valence-corrected chi connectivity index (χ1v) is 7.75.